The van der Waals surface area contributed by atoms with Crippen LogP contribution >= 0.6 is 0 Å². The molecule has 8 rings (SSSR count). The highest BCUT2D eigenvalue weighted by molar-refractivity contribution is 6.02. The summed E-state index contributed by atoms with van der Waals surface area (Å²) in [6.45, 7) is 7.96. The minimum absolute atomic E-state index is 0.154. The number of urea groups is 2. The van der Waals surface area contributed by atoms with Gasteiger partial charge in [0.15, 0.2) is 0 Å². The average molecular weight is 1020 g/mol. The van der Waals surface area contributed by atoms with Gasteiger partial charge in [-0.3, -0.25) is 13.6 Å². The number of ether oxygens (including phenoxy) is 2. The quantitative estimate of drug-likeness (QED) is 0.0352. The number of anilines is 4. The summed E-state index contributed by atoms with van der Waals surface area (Å²) in [5.74, 6) is 0.547. The molecule has 0 radical (unpaired) electrons. The lowest BCUT2D eigenvalue weighted by Gasteiger charge is -2.15. The Hall–Kier alpha value is -9.01. The molecule has 7 N–H and O–H groups in total. The third kappa shape index (κ3) is 14.1. The van der Waals surface area contributed by atoms with Crippen LogP contribution in [0.2, 0.25) is 0 Å². The Morgan fingerprint density at radius 1 is 0.608 bits per heavy atom. The minimum Gasteiger partial charge on any atom is -0.491 e. The molecule has 0 atom stereocenters. The number of halogens is 6. The zero-order valence-corrected chi connectivity index (χ0v) is 40.2. The van der Waals surface area contributed by atoms with Crippen LogP contribution in [0.25, 0.3) is 56.1 Å². The van der Waals surface area contributed by atoms with Gasteiger partial charge in [-0.2, -0.15) is 26.3 Å². The van der Waals surface area contributed by atoms with Crippen LogP contribution in [0.4, 0.5) is 58.7 Å². The Morgan fingerprint density at radius 2 is 1.05 bits per heavy atom. The SMILES string of the molecule is C=CC(=O)Nc1ccccc1-c1ccn2c(-c3cc(NC(=O)NCC(F)(F)F)cc(OC(C)C)c3)cnc2c1.CC(C)Oc1cc(NC(=O)NCC(F)(F)F)cc(-c2cnc3cc(-c4ccccc4N)ccn23)c1. The van der Waals surface area contributed by atoms with Gasteiger partial charge in [-0.25, -0.2) is 19.6 Å². The minimum atomic E-state index is -4.53. The summed E-state index contributed by atoms with van der Waals surface area (Å²) in [6, 6.07) is 30.4. The monoisotopic (exact) mass is 1020 g/mol. The van der Waals surface area contributed by atoms with Crippen LogP contribution in [0.3, 0.4) is 0 Å². The van der Waals surface area contributed by atoms with E-state index in [4.69, 9.17) is 15.2 Å². The van der Waals surface area contributed by atoms with E-state index < -0.39 is 37.5 Å². The molecule has 384 valence electrons. The number of carbonyl (C=O) groups is 3. The first kappa shape index (κ1) is 52.8. The predicted molar refractivity (Wildman–Crippen MR) is 273 cm³/mol. The molecule has 4 heterocycles. The van der Waals surface area contributed by atoms with Gasteiger partial charge in [0.2, 0.25) is 5.91 Å². The van der Waals surface area contributed by atoms with Gasteiger partial charge in [-0.15, -0.1) is 0 Å². The fourth-order valence-electron chi connectivity index (χ4n) is 7.54. The van der Waals surface area contributed by atoms with Crippen LogP contribution in [0.15, 0.2) is 147 Å². The lowest BCUT2D eigenvalue weighted by molar-refractivity contribution is -0.123. The molecule has 8 aromatic rings. The summed E-state index contributed by atoms with van der Waals surface area (Å²) in [4.78, 5) is 45.0. The van der Waals surface area contributed by atoms with E-state index in [1.54, 1.807) is 59.4 Å². The van der Waals surface area contributed by atoms with Crippen molar-refractivity contribution >= 4 is 52.0 Å². The first-order valence-electron chi connectivity index (χ1n) is 22.8. The molecular formula is C53H50F6N10O5. The zero-order chi connectivity index (χ0) is 53.3. The van der Waals surface area contributed by atoms with Gasteiger partial charge in [0.25, 0.3) is 0 Å². The predicted octanol–water partition coefficient (Wildman–Crippen LogP) is 12.0. The Morgan fingerprint density at radius 3 is 1.50 bits per heavy atom. The average Bonchev–Trinajstić information content (AvgIpc) is 3.97. The van der Waals surface area contributed by atoms with Gasteiger partial charge < -0.3 is 41.8 Å². The molecular weight excluding hydrogens is 971 g/mol. The highest BCUT2D eigenvalue weighted by Gasteiger charge is 2.29. The van der Waals surface area contributed by atoms with Crippen molar-refractivity contribution in [3.63, 3.8) is 0 Å². The first-order valence-corrected chi connectivity index (χ1v) is 22.8. The van der Waals surface area contributed by atoms with E-state index >= 15 is 0 Å². The lowest BCUT2D eigenvalue weighted by Crippen LogP contribution is -2.36. The molecule has 0 spiro atoms. The highest BCUT2D eigenvalue weighted by Crippen LogP contribution is 2.35. The van der Waals surface area contributed by atoms with Gasteiger partial charge in [0, 0.05) is 69.5 Å². The topological polar surface area (TPSA) is 190 Å². The molecule has 0 unspecified atom stereocenters. The number of amides is 5. The number of aromatic nitrogens is 4. The second-order valence-corrected chi connectivity index (χ2v) is 17.1. The van der Waals surface area contributed by atoms with E-state index in [-0.39, 0.29) is 29.5 Å². The van der Waals surface area contributed by atoms with E-state index in [0.29, 0.717) is 56.7 Å². The van der Waals surface area contributed by atoms with E-state index in [1.807, 2.05) is 116 Å². The summed E-state index contributed by atoms with van der Waals surface area (Å²) in [6.07, 6.45) is -1.18. The van der Waals surface area contributed by atoms with Crippen molar-refractivity contribution in [2.24, 2.45) is 0 Å². The van der Waals surface area contributed by atoms with E-state index in [9.17, 15) is 40.7 Å². The number of alkyl halides is 6. The number of hydrogen-bond donors (Lipinski definition) is 6. The van der Waals surface area contributed by atoms with Crippen LogP contribution < -0.4 is 41.8 Å². The van der Waals surface area contributed by atoms with Gasteiger partial charge in [0.05, 0.1) is 36.0 Å². The Bertz CT molecular complexity index is 3330. The van der Waals surface area contributed by atoms with Crippen molar-refractivity contribution in [2.75, 3.05) is 34.8 Å². The Kier molecular flexibility index (Phi) is 16.1. The second kappa shape index (κ2) is 22.6. The number of imidazole rings is 2. The smallest absolute Gasteiger partial charge is 0.405 e. The molecule has 0 saturated heterocycles. The van der Waals surface area contributed by atoms with Crippen LogP contribution in [-0.4, -0.2) is 74.4 Å². The Labute approximate surface area is 420 Å². The van der Waals surface area contributed by atoms with Crippen LogP contribution in [0.5, 0.6) is 11.5 Å². The maximum absolute atomic E-state index is 12.5. The molecule has 4 aromatic heterocycles. The molecule has 15 nitrogen and oxygen atoms in total. The van der Waals surface area contributed by atoms with Crippen molar-refractivity contribution in [2.45, 2.75) is 52.3 Å². The second-order valence-electron chi connectivity index (χ2n) is 17.1. The van der Waals surface area contributed by atoms with Gasteiger partial charge in [-0.1, -0.05) is 43.0 Å². The number of para-hydroxylation sites is 2. The molecule has 21 heteroatoms. The summed E-state index contributed by atoms with van der Waals surface area (Å²) < 4.78 is 90.1. The molecule has 0 fully saturated rings. The maximum Gasteiger partial charge on any atom is 0.405 e. The summed E-state index contributed by atoms with van der Waals surface area (Å²) in [5, 5.41) is 11.3. The normalized spacial score (nSPS) is 11.5. The third-order valence-corrected chi connectivity index (χ3v) is 10.5. The largest absolute Gasteiger partial charge is 0.491 e. The maximum atomic E-state index is 12.5. The van der Waals surface area contributed by atoms with Gasteiger partial charge in [0.1, 0.15) is 35.9 Å². The number of benzene rings is 4. The number of nitrogens with zero attached hydrogens (tertiary/aromatic N) is 4. The summed E-state index contributed by atoms with van der Waals surface area (Å²) in [5.41, 5.74) is 15.3. The third-order valence-electron chi connectivity index (χ3n) is 10.5. The molecule has 74 heavy (non-hydrogen) atoms. The fourth-order valence-corrected chi connectivity index (χ4v) is 7.54. The number of nitrogens with one attached hydrogen (secondary N) is 5. The molecule has 0 aliphatic carbocycles. The van der Waals surface area contributed by atoms with Crippen molar-refractivity contribution in [3.05, 3.63) is 147 Å². The molecule has 4 aromatic carbocycles. The zero-order valence-electron chi connectivity index (χ0n) is 40.2. The number of hydrogen-bond acceptors (Lipinski definition) is 8. The van der Waals surface area contributed by atoms with Crippen LogP contribution in [0.1, 0.15) is 27.7 Å². The lowest BCUT2D eigenvalue weighted by atomic mass is 10.0. The molecule has 5 amide bonds. The number of carbonyl (C=O) groups excluding carboxylic acids is 3. The van der Waals surface area contributed by atoms with E-state index in [0.717, 1.165) is 22.3 Å². The first-order chi connectivity index (χ1) is 35.1. The number of rotatable bonds is 14. The van der Waals surface area contributed by atoms with Gasteiger partial charge >= 0.3 is 24.4 Å². The Balaban J connectivity index is 0.000000217. The fraction of sp³-hybridized carbons (Fsp3) is 0.189. The number of nitrogens with two attached hydrogens (primary N) is 1. The van der Waals surface area contributed by atoms with Crippen molar-refractivity contribution in [3.8, 4) is 56.3 Å². The number of nitrogen functional groups attached to an aromatic ring is 1. The summed E-state index contributed by atoms with van der Waals surface area (Å²) >= 11 is 0. The molecule has 0 bridgehead atoms. The van der Waals surface area contributed by atoms with Crippen LogP contribution in [-0.2, 0) is 4.79 Å². The highest BCUT2D eigenvalue weighted by atomic mass is 19.4. The van der Waals surface area contributed by atoms with Crippen molar-refractivity contribution in [1.29, 1.82) is 0 Å². The molecule has 0 saturated carbocycles. The van der Waals surface area contributed by atoms with E-state index in [1.165, 1.54) is 12.1 Å². The number of fused-ring (bicyclic) bond motifs is 2. The summed E-state index contributed by atoms with van der Waals surface area (Å²) in [7, 11) is 0. The van der Waals surface area contributed by atoms with Crippen molar-refractivity contribution < 1.29 is 50.2 Å². The standard InChI is InChI=1S/C28H26F3N5O3.C25H24F3N5O2/c1-4-26(37)35-23-8-6-5-7-22(23)18-9-10-36-24(15-32-25(36)13-18)19-11-20(14-21(12-19)39-17(2)3)34-27(38)33-16-28(29,30)31;1-15(2)35-19-10-17(9-18(12-19)32-24(34)31-14-25(26,27)28)22-13-30-23-11-16(7-8-33(22)23)20-5-3-4-6-21(20)29/h4-15,17H,1,16H2,2-3H3,(H,35,37)(H2,33,34,38);3-13,15H,14,29H2,1-2H3,(H2,31,32,34). The van der Waals surface area contributed by atoms with E-state index in [2.05, 4.69) is 32.5 Å². The van der Waals surface area contributed by atoms with Crippen LogP contribution in [0, 0.1) is 0 Å². The number of pyridine rings is 2. The van der Waals surface area contributed by atoms with Gasteiger partial charge in [-0.05, 0) is 106 Å². The molecule has 0 aliphatic heterocycles. The molecule has 0 aliphatic rings. The van der Waals surface area contributed by atoms with Crippen molar-refractivity contribution in [1.82, 2.24) is 29.4 Å².